The number of ether oxygens (including phenoxy) is 1. The molecule has 1 aromatic rings. The number of aromatic nitrogens is 2. The molecule has 0 fully saturated rings. The minimum absolute atomic E-state index is 0.178. The van der Waals surface area contributed by atoms with E-state index in [-0.39, 0.29) is 6.10 Å². The smallest absolute Gasteiger partial charge is 0.221 e. The van der Waals surface area contributed by atoms with Crippen LogP contribution in [-0.2, 0) is 0 Å². The summed E-state index contributed by atoms with van der Waals surface area (Å²) in [6.07, 6.45) is 3.84. The van der Waals surface area contributed by atoms with Crippen LogP contribution in [0.5, 0.6) is 5.88 Å². The van der Waals surface area contributed by atoms with Gasteiger partial charge in [-0.25, -0.2) is 9.97 Å². The van der Waals surface area contributed by atoms with E-state index >= 15 is 0 Å². The number of hydrogen-bond donors (Lipinski definition) is 1. The van der Waals surface area contributed by atoms with Gasteiger partial charge in [0.1, 0.15) is 12.1 Å². The Morgan fingerprint density at radius 1 is 1.28 bits per heavy atom. The van der Waals surface area contributed by atoms with Crippen molar-refractivity contribution in [2.75, 3.05) is 11.9 Å². The van der Waals surface area contributed by atoms with Gasteiger partial charge in [0, 0.05) is 6.54 Å². The van der Waals surface area contributed by atoms with E-state index in [2.05, 4.69) is 43.0 Å². The Kier molecular flexibility index (Phi) is 5.89. The Morgan fingerprint density at radius 2 is 2.00 bits per heavy atom. The van der Waals surface area contributed by atoms with Crippen molar-refractivity contribution in [3.63, 3.8) is 0 Å². The Bertz CT molecular complexity index is 366. The number of rotatable bonds is 7. The second-order valence-electron chi connectivity index (χ2n) is 5.14. The van der Waals surface area contributed by atoms with Crippen LogP contribution in [0, 0.1) is 12.8 Å². The fourth-order valence-corrected chi connectivity index (χ4v) is 1.88. The maximum absolute atomic E-state index is 5.89. The topological polar surface area (TPSA) is 47.0 Å². The van der Waals surface area contributed by atoms with Crippen LogP contribution in [0.1, 0.15) is 46.1 Å². The molecule has 0 aliphatic carbocycles. The second kappa shape index (κ2) is 7.19. The van der Waals surface area contributed by atoms with E-state index < -0.39 is 0 Å². The summed E-state index contributed by atoms with van der Waals surface area (Å²) in [7, 11) is 0. The number of anilines is 1. The SMILES string of the molecule is CCCNc1ncnc(OC(C)CC(C)C)c1C. The van der Waals surface area contributed by atoms with Crippen molar-refractivity contribution in [3.8, 4) is 5.88 Å². The van der Waals surface area contributed by atoms with Crippen LogP contribution < -0.4 is 10.1 Å². The highest BCUT2D eigenvalue weighted by Gasteiger charge is 2.12. The summed E-state index contributed by atoms with van der Waals surface area (Å²) in [5, 5.41) is 3.29. The van der Waals surface area contributed by atoms with E-state index in [1.807, 2.05) is 6.92 Å². The Morgan fingerprint density at radius 3 is 2.61 bits per heavy atom. The molecule has 1 heterocycles. The Balaban J connectivity index is 2.70. The van der Waals surface area contributed by atoms with Gasteiger partial charge in [0.25, 0.3) is 0 Å². The van der Waals surface area contributed by atoms with Crippen molar-refractivity contribution in [3.05, 3.63) is 11.9 Å². The van der Waals surface area contributed by atoms with E-state index in [1.165, 1.54) is 0 Å². The molecule has 0 radical (unpaired) electrons. The first-order valence-corrected chi connectivity index (χ1v) is 6.76. The van der Waals surface area contributed by atoms with Gasteiger partial charge < -0.3 is 10.1 Å². The fraction of sp³-hybridized carbons (Fsp3) is 0.714. The van der Waals surface area contributed by atoms with Crippen LogP contribution in [0.4, 0.5) is 5.82 Å². The molecular weight excluding hydrogens is 226 g/mol. The molecular formula is C14H25N3O. The van der Waals surface area contributed by atoms with Crippen LogP contribution in [0.25, 0.3) is 0 Å². The van der Waals surface area contributed by atoms with Crippen LogP contribution in [0.3, 0.4) is 0 Å². The van der Waals surface area contributed by atoms with Crippen LogP contribution >= 0.6 is 0 Å². The molecule has 4 heteroatoms. The Hall–Kier alpha value is -1.32. The van der Waals surface area contributed by atoms with E-state index in [4.69, 9.17) is 4.74 Å². The number of nitrogens with zero attached hydrogens (tertiary/aromatic N) is 2. The van der Waals surface area contributed by atoms with Gasteiger partial charge in [0.2, 0.25) is 5.88 Å². The molecule has 1 atom stereocenters. The zero-order valence-electron chi connectivity index (χ0n) is 12.2. The average Bonchev–Trinajstić information content (AvgIpc) is 2.29. The molecule has 4 nitrogen and oxygen atoms in total. The van der Waals surface area contributed by atoms with Gasteiger partial charge in [-0.1, -0.05) is 20.8 Å². The third-order valence-electron chi connectivity index (χ3n) is 2.70. The third kappa shape index (κ3) is 4.51. The van der Waals surface area contributed by atoms with Gasteiger partial charge in [-0.2, -0.15) is 0 Å². The Labute approximate surface area is 110 Å². The first-order chi connectivity index (χ1) is 8.54. The van der Waals surface area contributed by atoms with Crippen molar-refractivity contribution in [1.29, 1.82) is 0 Å². The number of hydrogen-bond acceptors (Lipinski definition) is 4. The molecule has 0 aromatic carbocycles. The van der Waals surface area contributed by atoms with E-state index in [9.17, 15) is 0 Å². The second-order valence-corrected chi connectivity index (χ2v) is 5.14. The monoisotopic (exact) mass is 251 g/mol. The van der Waals surface area contributed by atoms with Gasteiger partial charge in [-0.3, -0.25) is 0 Å². The lowest BCUT2D eigenvalue weighted by atomic mass is 10.1. The van der Waals surface area contributed by atoms with Crippen molar-refractivity contribution in [1.82, 2.24) is 9.97 Å². The van der Waals surface area contributed by atoms with Crippen LogP contribution in [0.15, 0.2) is 6.33 Å². The minimum Gasteiger partial charge on any atom is -0.474 e. The standard InChI is InChI=1S/C14H25N3O/c1-6-7-15-13-12(5)14(17-9-16-13)18-11(4)8-10(2)3/h9-11H,6-8H2,1-5H3,(H,15,16,17). The zero-order chi connectivity index (χ0) is 13.5. The van der Waals surface area contributed by atoms with E-state index in [0.717, 1.165) is 30.8 Å². The zero-order valence-corrected chi connectivity index (χ0v) is 12.2. The molecule has 0 saturated carbocycles. The van der Waals surface area contributed by atoms with Crippen molar-refractivity contribution >= 4 is 5.82 Å². The van der Waals surface area contributed by atoms with Crippen LogP contribution in [-0.4, -0.2) is 22.6 Å². The average molecular weight is 251 g/mol. The molecule has 102 valence electrons. The molecule has 18 heavy (non-hydrogen) atoms. The van der Waals surface area contributed by atoms with Crippen molar-refractivity contribution < 1.29 is 4.74 Å². The van der Waals surface area contributed by atoms with Gasteiger partial charge in [-0.05, 0) is 32.6 Å². The van der Waals surface area contributed by atoms with Crippen molar-refractivity contribution in [2.45, 2.75) is 53.6 Å². The van der Waals surface area contributed by atoms with Gasteiger partial charge in [0.15, 0.2) is 0 Å². The van der Waals surface area contributed by atoms with Gasteiger partial charge in [-0.15, -0.1) is 0 Å². The summed E-state index contributed by atoms with van der Waals surface area (Å²) in [6.45, 7) is 11.5. The summed E-state index contributed by atoms with van der Waals surface area (Å²) in [5.74, 6) is 2.19. The lowest BCUT2D eigenvalue weighted by molar-refractivity contribution is 0.184. The summed E-state index contributed by atoms with van der Waals surface area (Å²) < 4.78 is 5.89. The predicted octanol–water partition coefficient (Wildman–Crippen LogP) is 3.42. The maximum Gasteiger partial charge on any atom is 0.221 e. The largest absolute Gasteiger partial charge is 0.474 e. The summed E-state index contributed by atoms with van der Waals surface area (Å²) in [6, 6.07) is 0. The molecule has 0 saturated heterocycles. The van der Waals surface area contributed by atoms with Gasteiger partial charge in [0.05, 0.1) is 11.7 Å². The highest BCUT2D eigenvalue weighted by molar-refractivity contribution is 5.47. The first-order valence-electron chi connectivity index (χ1n) is 6.76. The lowest BCUT2D eigenvalue weighted by Gasteiger charge is -2.18. The van der Waals surface area contributed by atoms with E-state index in [1.54, 1.807) is 6.33 Å². The molecule has 1 N–H and O–H groups in total. The van der Waals surface area contributed by atoms with Crippen LogP contribution in [0.2, 0.25) is 0 Å². The third-order valence-corrected chi connectivity index (χ3v) is 2.70. The normalized spacial score (nSPS) is 12.6. The van der Waals surface area contributed by atoms with E-state index in [0.29, 0.717) is 11.8 Å². The maximum atomic E-state index is 5.89. The highest BCUT2D eigenvalue weighted by atomic mass is 16.5. The van der Waals surface area contributed by atoms with Crippen molar-refractivity contribution in [2.24, 2.45) is 5.92 Å². The number of nitrogens with one attached hydrogen (secondary N) is 1. The minimum atomic E-state index is 0.178. The first kappa shape index (κ1) is 14.7. The summed E-state index contributed by atoms with van der Waals surface area (Å²) in [5.41, 5.74) is 0.988. The fourth-order valence-electron chi connectivity index (χ4n) is 1.88. The quantitative estimate of drug-likeness (QED) is 0.806. The molecule has 0 spiro atoms. The molecule has 0 amide bonds. The summed E-state index contributed by atoms with van der Waals surface area (Å²) >= 11 is 0. The molecule has 0 aliphatic heterocycles. The van der Waals surface area contributed by atoms with Gasteiger partial charge >= 0.3 is 0 Å². The molecule has 0 aliphatic rings. The lowest BCUT2D eigenvalue weighted by Crippen LogP contribution is -2.16. The highest BCUT2D eigenvalue weighted by Crippen LogP contribution is 2.22. The predicted molar refractivity (Wildman–Crippen MR) is 75.1 cm³/mol. The summed E-state index contributed by atoms with van der Waals surface area (Å²) in [4.78, 5) is 8.46. The molecule has 1 aromatic heterocycles. The molecule has 0 bridgehead atoms. The molecule has 1 rings (SSSR count). The molecule has 1 unspecified atom stereocenters.